The Morgan fingerprint density at radius 3 is 2.14 bits per heavy atom. The van der Waals surface area contributed by atoms with Crippen molar-refractivity contribution in [3.8, 4) is 0 Å². The van der Waals surface area contributed by atoms with Crippen LogP contribution in [0, 0.1) is 0 Å². The van der Waals surface area contributed by atoms with Crippen LogP contribution in [-0.4, -0.2) is 67.7 Å². The second-order valence-corrected chi connectivity index (χ2v) is 7.35. The molecule has 0 spiro atoms. The van der Waals surface area contributed by atoms with E-state index in [1.54, 1.807) is 0 Å². The summed E-state index contributed by atoms with van der Waals surface area (Å²) in [5, 5.41) is 2.98. The average molecular weight is 456 g/mol. The average Bonchev–Trinajstić information content (AvgIpc) is 2.63. The van der Waals surface area contributed by atoms with E-state index in [4.69, 9.17) is 10.5 Å². The van der Waals surface area contributed by atoms with Crippen molar-refractivity contribution in [3.05, 3.63) is 35.4 Å². The number of hydrogen-bond donors (Lipinski definition) is 2. The third-order valence-electron chi connectivity index (χ3n) is 5.32. The number of nitrogens with two attached hydrogens (primary N) is 1. The Kier molecular flexibility index (Phi) is 12.6. The summed E-state index contributed by atoms with van der Waals surface area (Å²) in [6, 6.07) is 8.51. The minimum absolute atomic E-state index is 0. The van der Waals surface area contributed by atoms with Gasteiger partial charge in [0.1, 0.15) is 0 Å². The monoisotopic (exact) mass is 454 g/mol. The fourth-order valence-corrected chi connectivity index (χ4v) is 3.35. The molecule has 162 valence electrons. The van der Waals surface area contributed by atoms with Crippen LogP contribution < -0.4 is 11.1 Å². The fraction of sp³-hybridized carbons (Fsp3) is 0.632. The Morgan fingerprint density at radius 2 is 1.57 bits per heavy atom. The molecule has 2 saturated heterocycles. The lowest BCUT2D eigenvalue weighted by Gasteiger charge is -2.32. The van der Waals surface area contributed by atoms with Crippen LogP contribution in [0.4, 0.5) is 0 Å². The first-order valence-electron chi connectivity index (χ1n) is 9.19. The van der Waals surface area contributed by atoms with E-state index in [-0.39, 0.29) is 43.1 Å². The summed E-state index contributed by atoms with van der Waals surface area (Å²) in [6.45, 7) is 7.15. The van der Waals surface area contributed by atoms with Gasteiger partial charge in [0.25, 0.3) is 0 Å². The largest absolute Gasteiger partial charge is 0.381 e. The Hall–Kier alpha value is -0.600. The first kappa shape index (κ1) is 27.4. The third-order valence-corrected chi connectivity index (χ3v) is 5.32. The molecule has 2 fully saturated rings. The van der Waals surface area contributed by atoms with Gasteiger partial charge in [-0.05, 0) is 31.0 Å². The van der Waals surface area contributed by atoms with Gasteiger partial charge in [0.15, 0.2) is 0 Å². The number of likely N-dealkylation sites (N-methyl/N-ethyl adjacent to an activating group) is 1. The summed E-state index contributed by atoms with van der Waals surface area (Å²) >= 11 is 0. The molecule has 0 saturated carbocycles. The maximum Gasteiger partial charge on any atom is 0.240 e. The van der Waals surface area contributed by atoms with Gasteiger partial charge in [-0.1, -0.05) is 24.3 Å². The van der Waals surface area contributed by atoms with Gasteiger partial charge in [-0.25, -0.2) is 0 Å². The Balaban J connectivity index is 0.00000243. The van der Waals surface area contributed by atoms with E-state index in [0.29, 0.717) is 32.6 Å². The molecule has 2 aliphatic heterocycles. The van der Waals surface area contributed by atoms with E-state index >= 15 is 0 Å². The smallest absolute Gasteiger partial charge is 0.240 e. The van der Waals surface area contributed by atoms with Crippen molar-refractivity contribution in [1.29, 1.82) is 0 Å². The van der Waals surface area contributed by atoms with Gasteiger partial charge in [0, 0.05) is 52.5 Å². The number of amides is 1. The highest BCUT2D eigenvalue weighted by Gasteiger charge is 2.35. The molecule has 0 aliphatic carbocycles. The van der Waals surface area contributed by atoms with Crippen molar-refractivity contribution < 1.29 is 9.53 Å². The second kappa shape index (κ2) is 12.9. The number of piperazine rings is 1. The van der Waals surface area contributed by atoms with Crippen LogP contribution in [0.5, 0.6) is 0 Å². The van der Waals surface area contributed by atoms with E-state index in [1.807, 2.05) is 0 Å². The van der Waals surface area contributed by atoms with Gasteiger partial charge in [0.2, 0.25) is 5.91 Å². The number of hydrogen-bond acceptors (Lipinski definition) is 5. The van der Waals surface area contributed by atoms with Crippen molar-refractivity contribution >= 4 is 43.1 Å². The van der Waals surface area contributed by atoms with E-state index < -0.39 is 5.54 Å². The predicted octanol–water partition coefficient (Wildman–Crippen LogP) is 1.82. The summed E-state index contributed by atoms with van der Waals surface area (Å²) in [6.07, 6.45) is 1.17. The molecule has 28 heavy (non-hydrogen) atoms. The van der Waals surface area contributed by atoms with E-state index in [1.165, 1.54) is 5.56 Å². The molecular weight excluding hydrogens is 423 g/mol. The van der Waals surface area contributed by atoms with Crippen LogP contribution in [-0.2, 0) is 22.6 Å². The molecule has 3 rings (SSSR count). The number of carbonyl (C=O) groups excluding carboxylic acids is 1. The summed E-state index contributed by atoms with van der Waals surface area (Å²) in [4.78, 5) is 17.2. The molecule has 0 radical (unpaired) electrons. The molecule has 6 nitrogen and oxygen atoms in total. The highest BCUT2D eigenvalue weighted by Crippen LogP contribution is 2.18. The Labute approximate surface area is 186 Å². The number of halogens is 3. The molecule has 9 heteroatoms. The third kappa shape index (κ3) is 7.67. The quantitative estimate of drug-likeness (QED) is 0.709. The number of ether oxygens (including phenoxy) is 1. The zero-order valence-electron chi connectivity index (χ0n) is 16.4. The lowest BCUT2D eigenvalue weighted by Crippen LogP contribution is -2.56. The van der Waals surface area contributed by atoms with Gasteiger partial charge in [0.05, 0.1) is 5.54 Å². The number of carbonyl (C=O) groups is 1. The molecule has 0 unspecified atom stereocenters. The molecule has 1 aromatic carbocycles. The highest BCUT2D eigenvalue weighted by molar-refractivity contribution is 5.86. The van der Waals surface area contributed by atoms with Crippen molar-refractivity contribution in [1.82, 2.24) is 15.1 Å². The summed E-state index contributed by atoms with van der Waals surface area (Å²) in [5.41, 5.74) is 7.85. The van der Waals surface area contributed by atoms with Gasteiger partial charge >= 0.3 is 0 Å². The molecule has 1 amide bonds. The fourth-order valence-electron chi connectivity index (χ4n) is 3.35. The zero-order chi connectivity index (χ0) is 17.7. The van der Waals surface area contributed by atoms with Crippen LogP contribution in [0.1, 0.15) is 24.0 Å². The van der Waals surface area contributed by atoms with Gasteiger partial charge < -0.3 is 20.7 Å². The van der Waals surface area contributed by atoms with Crippen LogP contribution in [0.2, 0.25) is 0 Å². The molecular formula is C19H33Cl3N4O2. The first-order chi connectivity index (χ1) is 12.0. The summed E-state index contributed by atoms with van der Waals surface area (Å²) < 4.78 is 5.29. The minimum atomic E-state index is -0.778. The molecule has 2 heterocycles. The van der Waals surface area contributed by atoms with E-state index in [0.717, 1.165) is 38.3 Å². The van der Waals surface area contributed by atoms with Crippen molar-refractivity contribution in [2.24, 2.45) is 5.73 Å². The topological polar surface area (TPSA) is 70.8 Å². The molecule has 3 N–H and O–H groups in total. The maximum absolute atomic E-state index is 12.3. The van der Waals surface area contributed by atoms with Crippen molar-refractivity contribution in [3.63, 3.8) is 0 Å². The van der Waals surface area contributed by atoms with Crippen LogP contribution in [0.3, 0.4) is 0 Å². The molecule has 0 bridgehead atoms. The van der Waals surface area contributed by atoms with Gasteiger partial charge in [-0.2, -0.15) is 0 Å². The molecule has 0 atom stereocenters. The van der Waals surface area contributed by atoms with Gasteiger partial charge in [-0.15, -0.1) is 37.2 Å². The predicted molar refractivity (Wildman–Crippen MR) is 120 cm³/mol. The highest BCUT2D eigenvalue weighted by atomic mass is 35.5. The molecule has 2 aliphatic rings. The van der Waals surface area contributed by atoms with Gasteiger partial charge in [-0.3, -0.25) is 9.69 Å². The number of rotatable bonds is 5. The van der Waals surface area contributed by atoms with Crippen LogP contribution in [0.15, 0.2) is 24.3 Å². The first-order valence-corrected chi connectivity index (χ1v) is 9.19. The van der Waals surface area contributed by atoms with E-state index in [2.05, 4.69) is 46.4 Å². The number of nitrogens with zero attached hydrogens (tertiary/aromatic N) is 2. The van der Waals surface area contributed by atoms with Crippen LogP contribution >= 0.6 is 37.2 Å². The number of benzene rings is 1. The molecule has 1 aromatic rings. The minimum Gasteiger partial charge on any atom is -0.381 e. The molecule has 0 aromatic heterocycles. The Bertz CT molecular complexity index is 575. The maximum atomic E-state index is 12.3. The lowest BCUT2D eigenvalue weighted by molar-refractivity contribution is -0.129. The lowest BCUT2D eigenvalue weighted by atomic mass is 9.90. The standard InChI is InChI=1S/C19H30N4O2.3ClH/c1-22-8-10-23(11-9-22)15-17-4-2-16(3-5-17)14-21-18(24)19(20)6-12-25-13-7-19;;;/h2-5H,6-15,20H2,1H3,(H,21,24);3*1H. The van der Waals surface area contributed by atoms with Crippen molar-refractivity contribution in [2.75, 3.05) is 46.4 Å². The van der Waals surface area contributed by atoms with E-state index in [9.17, 15) is 4.79 Å². The number of nitrogens with one attached hydrogen (secondary N) is 1. The second-order valence-electron chi connectivity index (χ2n) is 7.35. The normalized spacial score (nSPS) is 19.5. The van der Waals surface area contributed by atoms with Crippen LogP contribution in [0.25, 0.3) is 0 Å². The zero-order valence-corrected chi connectivity index (χ0v) is 18.8. The summed E-state index contributed by atoms with van der Waals surface area (Å²) in [5.74, 6) is -0.0719. The Morgan fingerprint density at radius 1 is 1.04 bits per heavy atom. The summed E-state index contributed by atoms with van der Waals surface area (Å²) in [7, 11) is 2.17. The SMILES string of the molecule is CN1CCN(Cc2ccc(CNC(=O)C3(N)CCOCC3)cc2)CC1.Cl.Cl.Cl. The van der Waals surface area contributed by atoms with Crippen molar-refractivity contribution in [2.45, 2.75) is 31.5 Å².